The molecule has 1 fully saturated rings. The highest BCUT2D eigenvalue weighted by molar-refractivity contribution is 7.99. The summed E-state index contributed by atoms with van der Waals surface area (Å²) in [5.41, 5.74) is 15.5. The van der Waals surface area contributed by atoms with E-state index in [1.165, 1.54) is 34.4 Å². The van der Waals surface area contributed by atoms with Crippen molar-refractivity contribution < 1.29 is 4.42 Å². The van der Waals surface area contributed by atoms with Gasteiger partial charge < -0.3 is 4.42 Å². The summed E-state index contributed by atoms with van der Waals surface area (Å²) in [7, 11) is 1.93. The lowest BCUT2D eigenvalue weighted by molar-refractivity contribution is 0.331. The zero-order chi connectivity index (χ0) is 26.8. The van der Waals surface area contributed by atoms with Crippen molar-refractivity contribution in [2.24, 2.45) is 7.05 Å². The maximum absolute atomic E-state index is 6.36. The lowest BCUT2D eigenvalue weighted by Gasteiger charge is -2.42. The Morgan fingerprint density at radius 3 is 2.45 bits per heavy atom. The molecule has 1 saturated carbocycles. The first-order chi connectivity index (χ1) is 18.0. The highest BCUT2D eigenvalue weighted by Gasteiger charge is 2.37. The number of anilines is 1. The molecule has 0 saturated heterocycles. The Kier molecular flexibility index (Phi) is 5.91. The van der Waals surface area contributed by atoms with Crippen molar-refractivity contribution in [3.05, 3.63) is 70.1 Å². The molecular formula is C31H37N5OS. The molecule has 0 aliphatic heterocycles. The third-order valence-electron chi connectivity index (χ3n) is 8.21. The quantitative estimate of drug-likeness (QED) is 0.249. The van der Waals surface area contributed by atoms with Gasteiger partial charge in [0.25, 0.3) is 0 Å². The number of aryl methyl sites for hydroxylation is 3. The monoisotopic (exact) mass is 527 g/mol. The third kappa shape index (κ3) is 4.51. The van der Waals surface area contributed by atoms with Crippen LogP contribution in [0.2, 0.25) is 0 Å². The average Bonchev–Trinajstić information content (AvgIpc) is 3.52. The standard InChI is InChI=1S/C31H37N5OS/c1-18-16-25(32-29-27(18)19(2)35-36(29)7)33-34-28(20-8-9-20)24-12-13-26(37-24)38-21-10-11-22-23(17-21)31(5,6)15-14-30(22,3)4/h10-13,16-17,34H,8-9,14-15H2,1-7H3,(H,32,33). The van der Waals surface area contributed by atoms with Crippen LogP contribution in [0.25, 0.3) is 16.7 Å². The van der Waals surface area contributed by atoms with Crippen LogP contribution >= 0.6 is 11.8 Å². The van der Waals surface area contributed by atoms with Gasteiger partial charge in [-0.25, -0.2) is 4.98 Å². The number of hydrogen-bond donors (Lipinski definition) is 2. The second-order valence-electron chi connectivity index (χ2n) is 12.2. The number of benzene rings is 1. The summed E-state index contributed by atoms with van der Waals surface area (Å²) in [4.78, 5) is 6.01. The van der Waals surface area contributed by atoms with Crippen LogP contribution in [0, 0.1) is 13.8 Å². The van der Waals surface area contributed by atoms with Gasteiger partial charge in [-0.2, -0.15) is 5.10 Å². The summed E-state index contributed by atoms with van der Waals surface area (Å²) in [6.07, 6.45) is 4.60. The van der Waals surface area contributed by atoms with Gasteiger partial charge in [0.2, 0.25) is 0 Å². The second-order valence-corrected chi connectivity index (χ2v) is 13.2. The molecule has 198 valence electrons. The molecule has 6 nitrogen and oxygen atoms in total. The maximum Gasteiger partial charge on any atom is 0.165 e. The largest absolute Gasteiger partial charge is 0.448 e. The van der Waals surface area contributed by atoms with Crippen LogP contribution < -0.4 is 10.9 Å². The Morgan fingerprint density at radius 2 is 1.71 bits per heavy atom. The van der Waals surface area contributed by atoms with Crippen LogP contribution in [0.1, 0.15) is 81.5 Å². The van der Waals surface area contributed by atoms with Crippen molar-refractivity contribution in [1.82, 2.24) is 20.2 Å². The predicted molar refractivity (Wildman–Crippen MR) is 155 cm³/mol. The smallest absolute Gasteiger partial charge is 0.165 e. The van der Waals surface area contributed by atoms with Crippen molar-refractivity contribution in [2.75, 3.05) is 5.43 Å². The summed E-state index contributed by atoms with van der Waals surface area (Å²) in [5.74, 6) is 1.61. The number of nitrogens with one attached hydrogen (secondary N) is 2. The minimum Gasteiger partial charge on any atom is -0.448 e. The Labute approximate surface area is 229 Å². The number of rotatable bonds is 6. The first-order valence-electron chi connectivity index (χ1n) is 13.5. The number of nitrogens with zero attached hydrogens (tertiary/aromatic N) is 3. The summed E-state index contributed by atoms with van der Waals surface area (Å²) in [5, 5.41) is 6.54. The molecule has 7 heteroatoms. The van der Waals surface area contributed by atoms with Crippen LogP contribution in [0.5, 0.6) is 0 Å². The summed E-state index contributed by atoms with van der Waals surface area (Å²) < 4.78 is 8.20. The number of aromatic nitrogens is 3. The van der Waals surface area contributed by atoms with Crippen LogP contribution in [-0.4, -0.2) is 14.8 Å². The molecule has 0 unspecified atom stereocenters. The van der Waals surface area contributed by atoms with E-state index in [0.29, 0.717) is 0 Å². The fourth-order valence-corrected chi connectivity index (χ4v) is 6.56. The molecule has 1 aromatic carbocycles. The molecule has 0 amide bonds. The third-order valence-corrected chi connectivity index (χ3v) is 9.12. The Hall–Kier alpha value is -3.19. The minimum atomic E-state index is 0.193. The number of allylic oxidation sites excluding steroid dienone is 1. The van der Waals surface area contributed by atoms with Crippen molar-refractivity contribution in [2.45, 2.75) is 88.0 Å². The number of hydrazine groups is 1. The number of furan rings is 1. The molecule has 0 radical (unpaired) electrons. The van der Waals surface area contributed by atoms with Gasteiger partial charge in [-0.3, -0.25) is 15.5 Å². The fraction of sp³-hybridized carbons (Fsp3) is 0.419. The van der Waals surface area contributed by atoms with Crippen LogP contribution in [0.3, 0.4) is 0 Å². The van der Waals surface area contributed by atoms with Gasteiger partial charge in [-0.05, 0) is 103 Å². The highest BCUT2D eigenvalue weighted by Crippen LogP contribution is 2.47. The second kappa shape index (κ2) is 8.94. The lowest BCUT2D eigenvalue weighted by atomic mass is 9.63. The average molecular weight is 528 g/mol. The van der Waals surface area contributed by atoms with Crippen LogP contribution in [0.15, 0.2) is 56.4 Å². The van der Waals surface area contributed by atoms with E-state index in [4.69, 9.17) is 9.40 Å². The molecular weight excluding hydrogens is 490 g/mol. The summed E-state index contributed by atoms with van der Waals surface area (Å²) >= 11 is 1.69. The molecule has 4 aromatic rings. The van der Waals surface area contributed by atoms with Gasteiger partial charge >= 0.3 is 0 Å². The molecule has 3 aromatic heterocycles. The van der Waals surface area contributed by atoms with Gasteiger partial charge in [-0.1, -0.05) is 45.5 Å². The van der Waals surface area contributed by atoms with Gasteiger partial charge in [0.1, 0.15) is 5.82 Å². The van der Waals surface area contributed by atoms with Crippen molar-refractivity contribution in [3.8, 4) is 0 Å². The normalized spacial score (nSPS) is 17.4. The van der Waals surface area contributed by atoms with Gasteiger partial charge in [0.15, 0.2) is 16.5 Å². The van der Waals surface area contributed by atoms with Crippen molar-refractivity contribution in [3.63, 3.8) is 0 Å². The molecule has 6 rings (SSSR count). The molecule has 2 aliphatic rings. The molecule has 3 heterocycles. The van der Waals surface area contributed by atoms with Gasteiger partial charge in [0, 0.05) is 17.3 Å². The van der Waals surface area contributed by atoms with E-state index in [-0.39, 0.29) is 10.8 Å². The van der Waals surface area contributed by atoms with E-state index in [1.54, 1.807) is 11.8 Å². The maximum atomic E-state index is 6.36. The topological polar surface area (TPSA) is 67.9 Å². The lowest BCUT2D eigenvalue weighted by Crippen LogP contribution is -2.33. The van der Waals surface area contributed by atoms with Crippen molar-refractivity contribution in [1.29, 1.82) is 0 Å². The summed E-state index contributed by atoms with van der Waals surface area (Å²) in [6, 6.07) is 13.2. The van der Waals surface area contributed by atoms with E-state index in [2.05, 4.69) is 87.0 Å². The molecule has 2 N–H and O–H groups in total. The highest BCUT2D eigenvalue weighted by atomic mass is 32.2. The predicted octanol–water partition coefficient (Wildman–Crippen LogP) is 7.80. The molecule has 0 atom stereocenters. The van der Waals surface area contributed by atoms with E-state index in [1.807, 2.05) is 18.7 Å². The Bertz CT molecular complexity index is 1580. The van der Waals surface area contributed by atoms with E-state index in [0.717, 1.165) is 57.5 Å². The van der Waals surface area contributed by atoms with Crippen LogP contribution in [0.4, 0.5) is 5.82 Å². The fourth-order valence-electron chi connectivity index (χ4n) is 5.74. The molecule has 0 bridgehead atoms. The van der Waals surface area contributed by atoms with Crippen LogP contribution in [-0.2, 0) is 17.9 Å². The van der Waals surface area contributed by atoms with E-state index < -0.39 is 0 Å². The first-order valence-corrected chi connectivity index (χ1v) is 14.3. The van der Waals surface area contributed by atoms with Gasteiger partial charge in [0.05, 0.1) is 11.4 Å². The molecule has 0 spiro atoms. The summed E-state index contributed by atoms with van der Waals surface area (Å²) in [6.45, 7) is 13.6. The van der Waals surface area contributed by atoms with E-state index in [9.17, 15) is 0 Å². The SMILES string of the molecule is Cc1cc(NNC(=C2CC2)c2ccc(Sc3ccc4c(c3)C(C)(C)CCC4(C)C)o2)nc2c1c(C)nn2C. The molecule has 38 heavy (non-hydrogen) atoms. The van der Waals surface area contributed by atoms with E-state index >= 15 is 0 Å². The Balaban J connectivity index is 1.21. The van der Waals surface area contributed by atoms with Gasteiger partial charge in [-0.15, -0.1) is 0 Å². The Morgan fingerprint density at radius 1 is 0.974 bits per heavy atom. The number of fused-ring (bicyclic) bond motifs is 2. The minimum absolute atomic E-state index is 0.193. The first kappa shape index (κ1) is 25.1. The molecule has 2 aliphatic carbocycles. The zero-order valence-corrected chi connectivity index (χ0v) is 24.3. The number of hydrogen-bond acceptors (Lipinski definition) is 6. The van der Waals surface area contributed by atoms with Crippen molar-refractivity contribution >= 4 is 34.3 Å². The zero-order valence-electron chi connectivity index (χ0n) is 23.5. The number of pyridine rings is 1.